The Morgan fingerprint density at radius 3 is 2.77 bits per heavy atom. The van der Waals surface area contributed by atoms with Crippen LogP contribution in [0.4, 0.5) is 0 Å². The summed E-state index contributed by atoms with van der Waals surface area (Å²) in [6.07, 6.45) is 12.3. The molecule has 0 aromatic rings. The van der Waals surface area contributed by atoms with Crippen LogP contribution in [0.2, 0.25) is 0 Å². The summed E-state index contributed by atoms with van der Waals surface area (Å²) >= 11 is 0. The Morgan fingerprint density at radius 1 is 1.23 bits per heavy atom. The fourth-order valence-corrected chi connectivity index (χ4v) is 3.91. The van der Waals surface area contributed by atoms with Gasteiger partial charge in [0.2, 0.25) is 0 Å². The SMILES string of the molecule is OC1CCCCC12CC1C=CC2C1. The van der Waals surface area contributed by atoms with Crippen LogP contribution in [0.3, 0.4) is 0 Å². The van der Waals surface area contributed by atoms with Crippen molar-refractivity contribution in [3.05, 3.63) is 12.2 Å². The molecule has 1 nitrogen and oxygen atoms in total. The zero-order valence-electron chi connectivity index (χ0n) is 8.08. The third-order valence-electron chi connectivity index (χ3n) is 4.59. The number of aliphatic hydroxyl groups is 1. The topological polar surface area (TPSA) is 20.2 Å². The minimum absolute atomic E-state index is 0.00111. The smallest absolute Gasteiger partial charge is 0.0602 e. The van der Waals surface area contributed by atoms with Crippen LogP contribution < -0.4 is 0 Å². The lowest BCUT2D eigenvalue weighted by molar-refractivity contribution is -0.0298. The zero-order valence-corrected chi connectivity index (χ0v) is 8.08. The summed E-state index contributed by atoms with van der Waals surface area (Å²) in [4.78, 5) is 0. The first-order valence-electron chi connectivity index (χ1n) is 5.68. The number of aliphatic hydroxyl groups excluding tert-OH is 1. The third-order valence-corrected chi connectivity index (χ3v) is 4.59. The first-order chi connectivity index (χ1) is 6.31. The Morgan fingerprint density at radius 2 is 2.15 bits per heavy atom. The van der Waals surface area contributed by atoms with E-state index in [1.165, 1.54) is 32.1 Å². The van der Waals surface area contributed by atoms with Gasteiger partial charge >= 0.3 is 0 Å². The Labute approximate surface area is 79.8 Å². The zero-order chi connectivity index (χ0) is 8.89. The molecule has 0 amide bonds. The fraction of sp³-hybridized carbons (Fsp3) is 0.833. The van der Waals surface area contributed by atoms with Gasteiger partial charge in [-0.15, -0.1) is 0 Å². The highest BCUT2D eigenvalue weighted by Gasteiger charge is 2.52. The highest BCUT2D eigenvalue weighted by molar-refractivity contribution is 5.17. The van der Waals surface area contributed by atoms with E-state index in [0.29, 0.717) is 11.3 Å². The number of allylic oxidation sites excluding steroid dienone is 2. The van der Waals surface area contributed by atoms with Gasteiger partial charge in [-0.3, -0.25) is 0 Å². The summed E-state index contributed by atoms with van der Waals surface area (Å²) in [6.45, 7) is 0. The molecule has 0 aliphatic heterocycles. The standard InChI is InChI=1S/C12H18O/c13-11-3-1-2-6-12(11)8-9-4-5-10(12)7-9/h4-5,9-11,13H,1-3,6-8H2. The van der Waals surface area contributed by atoms with Gasteiger partial charge in [0, 0.05) is 5.41 Å². The Balaban J connectivity index is 1.91. The van der Waals surface area contributed by atoms with Crippen molar-refractivity contribution in [3.63, 3.8) is 0 Å². The maximum atomic E-state index is 10.1. The van der Waals surface area contributed by atoms with E-state index in [1.807, 2.05) is 0 Å². The number of fused-ring (bicyclic) bond motifs is 3. The summed E-state index contributed by atoms with van der Waals surface area (Å²) in [6, 6.07) is 0. The van der Waals surface area contributed by atoms with Crippen LogP contribution >= 0.6 is 0 Å². The van der Waals surface area contributed by atoms with E-state index in [2.05, 4.69) is 12.2 Å². The van der Waals surface area contributed by atoms with Gasteiger partial charge in [0.1, 0.15) is 0 Å². The van der Waals surface area contributed by atoms with E-state index >= 15 is 0 Å². The summed E-state index contributed by atoms with van der Waals surface area (Å²) in [7, 11) is 0. The Hall–Kier alpha value is -0.300. The maximum Gasteiger partial charge on any atom is 0.0602 e. The third kappa shape index (κ3) is 0.969. The van der Waals surface area contributed by atoms with E-state index in [9.17, 15) is 5.11 Å². The molecular formula is C12H18O. The quantitative estimate of drug-likeness (QED) is 0.565. The van der Waals surface area contributed by atoms with Crippen LogP contribution in [0.25, 0.3) is 0 Å². The number of hydrogen-bond donors (Lipinski definition) is 1. The van der Waals surface area contributed by atoms with Gasteiger partial charge in [-0.2, -0.15) is 0 Å². The normalized spacial score (nSPS) is 53.5. The molecule has 1 heteroatoms. The van der Waals surface area contributed by atoms with Crippen molar-refractivity contribution in [2.75, 3.05) is 0 Å². The van der Waals surface area contributed by atoms with E-state index in [-0.39, 0.29) is 6.10 Å². The molecule has 3 aliphatic rings. The number of hydrogen-bond acceptors (Lipinski definition) is 1. The average molecular weight is 178 g/mol. The molecule has 1 N–H and O–H groups in total. The predicted molar refractivity (Wildman–Crippen MR) is 52.3 cm³/mol. The maximum absolute atomic E-state index is 10.1. The van der Waals surface area contributed by atoms with E-state index in [4.69, 9.17) is 0 Å². The summed E-state index contributed by atoms with van der Waals surface area (Å²) in [5.41, 5.74) is 0.317. The lowest BCUT2D eigenvalue weighted by atomic mass is 9.64. The van der Waals surface area contributed by atoms with E-state index in [1.54, 1.807) is 0 Å². The van der Waals surface area contributed by atoms with Crippen molar-refractivity contribution in [1.82, 2.24) is 0 Å². The molecule has 0 heterocycles. The van der Waals surface area contributed by atoms with Gasteiger partial charge in [-0.25, -0.2) is 0 Å². The predicted octanol–water partition coefficient (Wildman–Crippen LogP) is 2.50. The highest BCUT2D eigenvalue weighted by Crippen LogP contribution is 2.58. The molecule has 0 radical (unpaired) electrons. The van der Waals surface area contributed by atoms with Crippen molar-refractivity contribution in [1.29, 1.82) is 0 Å². The Kier molecular flexibility index (Phi) is 1.61. The second-order valence-corrected chi connectivity index (χ2v) is 5.19. The summed E-state index contributed by atoms with van der Waals surface area (Å²) < 4.78 is 0. The molecular weight excluding hydrogens is 160 g/mol. The molecule has 0 aromatic carbocycles. The molecule has 2 fully saturated rings. The van der Waals surface area contributed by atoms with Gasteiger partial charge < -0.3 is 5.11 Å². The van der Waals surface area contributed by atoms with Crippen molar-refractivity contribution >= 4 is 0 Å². The van der Waals surface area contributed by atoms with Gasteiger partial charge in [0.15, 0.2) is 0 Å². The molecule has 1 spiro atoms. The molecule has 4 atom stereocenters. The minimum atomic E-state index is 0.00111. The van der Waals surface area contributed by atoms with Crippen LogP contribution in [0.5, 0.6) is 0 Å². The molecule has 4 unspecified atom stereocenters. The molecule has 3 rings (SSSR count). The van der Waals surface area contributed by atoms with Crippen LogP contribution in [0.1, 0.15) is 38.5 Å². The van der Waals surface area contributed by atoms with Gasteiger partial charge in [-0.1, -0.05) is 25.0 Å². The van der Waals surface area contributed by atoms with Crippen molar-refractivity contribution in [3.8, 4) is 0 Å². The average Bonchev–Trinajstić information content (AvgIpc) is 2.70. The summed E-state index contributed by atoms with van der Waals surface area (Å²) in [5.74, 6) is 1.52. The first-order valence-corrected chi connectivity index (χ1v) is 5.68. The lowest BCUT2D eigenvalue weighted by Gasteiger charge is -2.43. The molecule has 3 aliphatic carbocycles. The van der Waals surface area contributed by atoms with Gasteiger partial charge in [0.25, 0.3) is 0 Å². The monoisotopic (exact) mass is 178 g/mol. The minimum Gasteiger partial charge on any atom is -0.393 e. The highest BCUT2D eigenvalue weighted by atomic mass is 16.3. The molecule has 2 saturated carbocycles. The van der Waals surface area contributed by atoms with Crippen molar-refractivity contribution in [2.24, 2.45) is 17.3 Å². The summed E-state index contributed by atoms with van der Waals surface area (Å²) in [5, 5.41) is 10.1. The second-order valence-electron chi connectivity index (χ2n) is 5.19. The van der Waals surface area contributed by atoms with Crippen LogP contribution in [0.15, 0.2) is 12.2 Å². The van der Waals surface area contributed by atoms with Crippen molar-refractivity contribution < 1.29 is 5.11 Å². The fourth-order valence-electron chi connectivity index (χ4n) is 3.91. The molecule has 72 valence electrons. The van der Waals surface area contributed by atoms with E-state index in [0.717, 1.165) is 12.3 Å². The Bertz CT molecular complexity index is 246. The molecule has 0 aromatic heterocycles. The first kappa shape index (κ1) is 8.05. The second kappa shape index (κ2) is 2.60. The molecule has 2 bridgehead atoms. The molecule has 0 saturated heterocycles. The number of rotatable bonds is 0. The van der Waals surface area contributed by atoms with E-state index < -0.39 is 0 Å². The van der Waals surface area contributed by atoms with Gasteiger partial charge in [-0.05, 0) is 37.5 Å². The van der Waals surface area contributed by atoms with Crippen molar-refractivity contribution in [2.45, 2.75) is 44.6 Å². The lowest BCUT2D eigenvalue weighted by Crippen LogP contribution is -2.41. The molecule has 13 heavy (non-hydrogen) atoms. The van der Waals surface area contributed by atoms with Crippen LogP contribution in [0, 0.1) is 17.3 Å². The van der Waals surface area contributed by atoms with Crippen LogP contribution in [-0.4, -0.2) is 11.2 Å². The van der Waals surface area contributed by atoms with Gasteiger partial charge in [0.05, 0.1) is 6.10 Å². The van der Waals surface area contributed by atoms with Crippen LogP contribution in [-0.2, 0) is 0 Å². The largest absolute Gasteiger partial charge is 0.393 e.